The SMILES string of the molecule is Fc1ccccc1CNCc1ncc(-c2ccc(Cl)cc2)s1. The van der Waals surface area contributed by atoms with E-state index in [0.29, 0.717) is 18.7 Å². The second-order valence-electron chi connectivity index (χ2n) is 4.82. The van der Waals surface area contributed by atoms with Crippen LogP contribution in [0.15, 0.2) is 54.7 Å². The lowest BCUT2D eigenvalue weighted by Crippen LogP contribution is -2.13. The van der Waals surface area contributed by atoms with E-state index in [1.807, 2.05) is 36.5 Å². The molecule has 3 rings (SSSR count). The lowest BCUT2D eigenvalue weighted by molar-refractivity contribution is 0.587. The van der Waals surface area contributed by atoms with Gasteiger partial charge < -0.3 is 5.32 Å². The first kappa shape index (κ1) is 15.2. The first-order valence-corrected chi connectivity index (χ1v) is 8.06. The van der Waals surface area contributed by atoms with Gasteiger partial charge >= 0.3 is 0 Å². The van der Waals surface area contributed by atoms with Crippen molar-refractivity contribution in [3.63, 3.8) is 0 Å². The Morgan fingerprint density at radius 1 is 1.05 bits per heavy atom. The summed E-state index contributed by atoms with van der Waals surface area (Å²) in [7, 11) is 0. The molecular formula is C17H14ClFN2S. The summed E-state index contributed by atoms with van der Waals surface area (Å²) in [5.74, 6) is -0.184. The highest BCUT2D eigenvalue weighted by Gasteiger charge is 2.05. The summed E-state index contributed by atoms with van der Waals surface area (Å²) >= 11 is 7.51. The van der Waals surface area contributed by atoms with Crippen LogP contribution in [0.3, 0.4) is 0 Å². The van der Waals surface area contributed by atoms with E-state index in [2.05, 4.69) is 10.3 Å². The number of rotatable bonds is 5. The molecule has 1 aromatic heterocycles. The Bertz CT molecular complexity index is 755. The van der Waals surface area contributed by atoms with Crippen molar-refractivity contribution in [2.45, 2.75) is 13.1 Å². The van der Waals surface area contributed by atoms with Crippen molar-refractivity contribution >= 4 is 22.9 Å². The summed E-state index contributed by atoms with van der Waals surface area (Å²) in [6.07, 6.45) is 1.86. The molecule has 0 saturated heterocycles. The van der Waals surface area contributed by atoms with Crippen LogP contribution < -0.4 is 5.32 Å². The molecule has 0 unspecified atom stereocenters. The maximum Gasteiger partial charge on any atom is 0.127 e. The van der Waals surface area contributed by atoms with E-state index < -0.39 is 0 Å². The second-order valence-corrected chi connectivity index (χ2v) is 6.37. The highest BCUT2D eigenvalue weighted by atomic mass is 35.5. The Hall–Kier alpha value is -1.75. The van der Waals surface area contributed by atoms with Crippen LogP contribution >= 0.6 is 22.9 Å². The lowest BCUT2D eigenvalue weighted by Gasteiger charge is -2.03. The van der Waals surface area contributed by atoms with Crippen LogP contribution in [0.5, 0.6) is 0 Å². The lowest BCUT2D eigenvalue weighted by atomic mass is 10.2. The maximum atomic E-state index is 13.5. The predicted molar refractivity (Wildman–Crippen MR) is 89.5 cm³/mol. The van der Waals surface area contributed by atoms with Crippen LogP contribution in [0.1, 0.15) is 10.6 Å². The van der Waals surface area contributed by atoms with Crippen molar-refractivity contribution in [3.05, 3.63) is 76.1 Å². The van der Waals surface area contributed by atoms with Gasteiger partial charge in [0.2, 0.25) is 0 Å². The zero-order valence-corrected chi connectivity index (χ0v) is 13.3. The fourth-order valence-electron chi connectivity index (χ4n) is 2.09. The Labute approximate surface area is 137 Å². The molecule has 0 atom stereocenters. The largest absolute Gasteiger partial charge is 0.306 e. The second kappa shape index (κ2) is 7.01. The van der Waals surface area contributed by atoms with Gasteiger partial charge in [0.25, 0.3) is 0 Å². The van der Waals surface area contributed by atoms with E-state index in [4.69, 9.17) is 11.6 Å². The van der Waals surface area contributed by atoms with E-state index in [0.717, 1.165) is 20.5 Å². The molecule has 0 amide bonds. The molecule has 5 heteroatoms. The summed E-state index contributed by atoms with van der Waals surface area (Å²) in [6.45, 7) is 1.11. The Balaban J connectivity index is 1.60. The molecule has 0 aliphatic heterocycles. The number of nitrogens with one attached hydrogen (secondary N) is 1. The molecule has 2 nitrogen and oxygen atoms in total. The molecule has 0 radical (unpaired) electrons. The highest BCUT2D eigenvalue weighted by Crippen LogP contribution is 2.27. The number of hydrogen-bond donors (Lipinski definition) is 1. The first-order valence-electron chi connectivity index (χ1n) is 6.87. The van der Waals surface area contributed by atoms with Crippen LogP contribution in [-0.2, 0) is 13.1 Å². The zero-order valence-electron chi connectivity index (χ0n) is 11.7. The van der Waals surface area contributed by atoms with Gasteiger partial charge in [0.1, 0.15) is 10.8 Å². The third-order valence-corrected chi connectivity index (χ3v) is 4.53. The van der Waals surface area contributed by atoms with Crippen molar-refractivity contribution in [2.24, 2.45) is 0 Å². The quantitative estimate of drug-likeness (QED) is 0.719. The monoisotopic (exact) mass is 332 g/mol. The van der Waals surface area contributed by atoms with Gasteiger partial charge in [-0.15, -0.1) is 11.3 Å². The standard InChI is InChI=1S/C17H14ClFN2S/c18-14-7-5-12(6-8-14)16-10-21-17(22-16)11-20-9-13-3-1-2-4-15(13)19/h1-8,10,20H,9,11H2. The minimum absolute atomic E-state index is 0.184. The van der Waals surface area contributed by atoms with Gasteiger partial charge in [-0.25, -0.2) is 9.37 Å². The summed E-state index contributed by atoms with van der Waals surface area (Å²) < 4.78 is 13.5. The predicted octanol–water partition coefficient (Wildman–Crippen LogP) is 4.89. The molecule has 0 fully saturated rings. The zero-order chi connectivity index (χ0) is 15.4. The highest BCUT2D eigenvalue weighted by molar-refractivity contribution is 7.15. The normalized spacial score (nSPS) is 10.8. The van der Waals surface area contributed by atoms with Gasteiger partial charge in [-0.2, -0.15) is 0 Å². The number of aromatic nitrogens is 1. The topological polar surface area (TPSA) is 24.9 Å². The van der Waals surface area contributed by atoms with Gasteiger partial charge in [0.05, 0.1) is 4.88 Å². The molecule has 1 N–H and O–H groups in total. The van der Waals surface area contributed by atoms with Gasteiger partial charge in [-0.1, -0.05) is 41.9 Å². The van der Waals surface area contributed by atoms with E-state index in [1.54, 1.807) is 23.5 Å². The summed E-state index contributed by atoms with van der Waals surface area (Å²) in [4.78, 5) is 5.49. The van der Waals surface area contributed by atoms with Gasteiger partial charge in [-0.05, 0) is 23.8 Å². The van der Waals surface area contributed by atoms with Crippen molar-refractivity contribution < 1.29 is 4.39 Å². The van der Waals surface area contributed by atoms with Crippen molar-refractivity contribution in [3.8, 4) is 10.4 Å². The molecule has 0 aliphatic rings. The third-order valence-electron chi connectivity index (χ3n) is 3.23. The van der Waals surface area contributed by atoms with Crippen molar-refractivity contribution in [1.29, 1.82) is 0 Å². The fraction of sp³-hybridized carbons (Fsp3) is 0.118. The van der Waals surface area contributed by atoms with E-state index in [9.17, 15) is 4.39 Å². The number of thiazole rings is 1. The summed E-state index contributed by atoms with van der Waals surface area (Å²) in [5, 5.41) is 4.92. The van der Waals surface area contributed by atoms with E-state index >= 15 is 0 Å². The Morgan fingerprint density at radius 3 is 2.59 bits per heavy atom. The minimum Gasteiger partial charge on any atom is -0.306 e. The van der Waals surface area contributed by atoms with Crippen LogP contribution in [-0.4, -0.2) is 4.98 Å². The van der Waals surface area contributed by atoms with E-state index in [-0.39, 0.29) is 5.82 Å². The van der Waals surface area contributed by atoms with Crippen LogP contribution in [0.2, 0.25) is 5.02 Å². The van der Waals surface area contributed by atoms with Gasteiger partial charge in [-0.3, -0.25) is 0 Å². The molecule has 0 bridgehead atoms. The molecular weight excluding hydrogens is 319 g/mol. The molecule has 2 aromatic carbocycles. The number of hydrogen-bond acceptors (Lipinski definition) is 3. The smallest absolute Gasteiger partial charge is 0.127 e. The fourth-order valence-corrected chi connectivity index (χ4v) is 3.10. The van der Waals surface area contributed by atoms with Crippen LogP contribution in [0, 0.1) is 5.82 Å². The summed E-state index contributed by atoms with van der Waals surface area (Å²) in [6, 6.07) is 14.5. The molecule has 22 heavy (non-hydrogen) atoms. The number of nitrogens with zero attached hydrogens (tertiary/aromatic N) is 1. The Kier molecular flexibility index (Phi) is 4.83. The average molecular weight is 333 g/mol. The van der Waals surface area contributed by atoms with Gasteiger partial charge in [0.15, 0.2) is 0 Å². The Morgan fingerprint density at radius 2 is 1.82 bits per heavy atom. The summed E-state index contributed by atoms with van der Waals surface area (Å²) in [5.41, 5.74) is 1.76. The van der Waals surface area contributed by atoms with E-state index in [1.165, 1.54) is 6.07 Å². The van der Waals surface area contributed by atoms with Crippen LogP contribution in [0.4, 0.5) is 4.39 Å². The third kappa shape index (κ3) is 3.71. The number of benzene rings is 2. The molecule has 112 valence electrons. The number of halogens is 2. The molecule has 3 aromatic rings. The molecule has 0 saturated carbocycles. The molecule has 1 heterocycles. The average Bonchev–Trinajstić information content (AvgIpc) is 2.99. The molecule has 0 aliphatic carbocycles. The van der Waals surface area contributed by atoms with Crippen molar-refractivity contribution in [2.75, 3.05) is 0 Å². The van der Waals surface area contributed by atoms with Crippen molar-refractivity contribution in [1.82, 2.24) is 10.3 Å². The molecule has 0 spiro atoms. The maximum absolute atomic E-state index is 13.5. The van der Waals surface area contributed by atoms with Crippen LogP contribution in [0.25, 0.3) is 10.4 Å². The first-order chi connectivity index (χ1) is 10.7. The van der Waals surface area contributed by atoms with Gasteiger partial charge in [0, 0.05) is 29.9 Å². The minimum atomic E-state index is -0.184.